The molecular formula is C20H21N5O2S. The van der Waals surface area contributed by atoms with Crippen LogP contribution in [0.25, 0.3) is 21.3 Å². The highest BCUT2D eigenvalue weighted by Gasteiger charge is 2.20. The van der Waals surface area contributed by atoms with Crippen LogP contribution in [0.3, 0.4) is 0 Å². The van der Waals surface area contributed by atoms with Crippen LogP contribution in [0.15, 0.2) is 46.8 Å². The van der Waals surface area contributed by atoms with Gasteiger partial charge < -0.3 is 10.3 Å². The van der Waals surface area contributed by atoms with Gasteiger partial charge in [-0.3, -0.25) is 14.2 Å². The van der Waals surface area contributed by atoms with E-state index >= 15 is 0 Å². The van der Waals surface area contributed by atoms with Gasteiger partial charge in [0.05, 0.1) is 28.8 Å². The molecule has 3 aromatic heterocycles. The van der Waals surface area contributed by atoms with Crippen molar-refractivity contribution in [2.24, 2.45) is 5.92 Å². The SMILES string of the molecule is CC(C)C[C@H](NC(=O)Cn1cnc2sccc2c1=O)c1nc2ccccc2[nH]1. The third-order valence-corrected chi connectivity index (χ3v) is 5.37. The lowest BCUT2D eigenvalue weighted by atomic mass is 10.0. The summed E-state index contributed by atoms with van der Waals surface area (Å²) in [6.07, 6.45) is 2.17. The van der Waals surface area contributed by atoms with Crippen LogP contribution in [0.2, 0.25) is 0 Å². The van der Waals surface area contributed by atoms with Crippen molar-refractivity contribution in [2.75, 3.05) is 0 Å². The van der Waals surface area contributed by atoms with Gasteiger partial charge in [0.15, 0.2) is 0 Å². The Hall–Kier alpha value is -3.00. The summed E-state index contributed by atoms with van der Waals surface area (Å²) in [6, 6.07) is 9.25. The van der Waals surface area contributed by atoms with E-state index in [0.717, 1.165) is 23.3 Å². The van der Waals surface area contributed by atoms with Crippen molar-refractivity contribution in [1.29, 1.82) is 0 Å². The van der Waals surface area contributed by atoms with E-state index in [-0.39, 0.29) is 24.1 Å². The minimum absolute atomic E-state index is 0.0769. The number of hydrogen-bond acceptors (Lipinski definition) is 5. The molecule has 0 spiro atoms. The molecule has 7 nitrogen and oxygen atoms in total. The number of aromatic amines is 1. The highest BCUT2D eigenvalue weighted by molar-refractivity contribution is 7.16. The van der Waals surface area contributed by atoms with Gasteiger partial charge in [-0.05, 0) is 35.9 Å². The van der Waals surface area contributed by atoms with Crippen LogP contribution in [0, 0.1) is 5.92 Å². The number of benzene rings is 1. The maximum Gasteiger partial charge on any atom is 0.262 e. The fourth-order valence-corrected chi connectivity index (χ4v) is 3.97. The number of carbonyl (C=O) groups excluding carboxylic acids is 1. The van der Waals surface area contributed by atoms with E-state index in [1.165, 1.54) is 22.2 Å². The number of imidazole rings is 1. The Kier molecular flexibility index (Phi) is 4.95. The van der Waals surface area contributed by atoms with Crippen LogP contribution in [0.5, 0.6) is 0 Å². The molecule has 0 aliphatic carbocycles. The normalized spacial score (nSPS) is 12.7. The van der Waals surface area contributed by atoms with Gasteiger partial charge in [0.1, 0.15) is 17.2 Å². The van der Waals surface area contributed by atoms with Gasteiger partial charge in [0.25, 0.3) is 5.56 Å². The molecule has 0 radical (unpaired) electrons. The molecule has 0 saturated heterocycles. The smallest absolute Gasteiger partial charge is 0.262 e. The minimum atomic E-state index is -0.256. The third kappa shape index (κ3) is 3.68. The van der Waals surface area contributed by atoms with E-state index in [2.05, 4.69) is 34.1 Å². The van der Waals surface area contributed by atoms with Crippen molar-refractivity contribution in [3.8, 4) is 0 Å². The Morgan fingerprint density at radius 1 is 1.29 bits per heavy atom. The van der Waals surface area contributed by atoms with Gasteiger partial charge >= 0.3 is 0 Å². The first-order valence-corrected chi connectivity index (χ1v) is 10.1. The quantitative estimate of drug-likeness (QED) is 0.524. The number of rotatable bonds is 6. The van der Waals surface area contributed by atoms with Crippen molar-refractivity contribution in [2.45, 2.75) is 32.9 Å². The standard InChI is InChI=1S/C20H21N5O2S/c1-12(2)9-16(18-23-14-5-3-4-6-15(14)24-18)22-17(26)10-25-11-21-19-13(20(25)27)7-8-28-19/h3-8,11-12,16H,9-10H2,1-2H3,(H,22,26)(H,23,24)/t16-/m0/s1. The third-order valence-electron chi connectivity index (χ3n) is 4.54. The number of carbonyl (C=O) groups is 1. The van der Waals surface area contributed by atoms with Gasteiger partial charge in [-0.2, -0.15) is 0 Å². The molecular weight excluding hydrogens is 374 g/mol. The van der Waals surface area contributed by atoms with Crippen LogP contribution in [-0.2, 0) is 11.3 Å². The van der Waals surface area contributed by atoms with Crippen LogP contribution < -0.4 is 10.9 Å². The lowest BCUT2D eigenvalue weighted by molar-refractivity contribution is -0.122. The Morgan fingerprint density at radius 2 is 2.11 bits per heavy atom. The molecule has 4 rings (SSSR count). The zero-order valence-corrected chi connectivity index (χ0v) is 16.5. The zero-order chi connectivity index (χ0) is 19.7. The van der Waals surface area contributed by atoms with Crippen LogP contribution in [0.1, 0.15) is 32.1 Å². The number of H-pyrrole nitrogens is 1. The minimum Gasteiger partial charge on any atom is -0.345 e. The van der Waals surface area contributed by atoms with Gasteiger partial charge in [0.2, 0.25) is 5.91 Å². The number of thiophene rings is 1. The monoisotopic (exact) mass is 395 g/mol. The summed E-state index contributed by atoms with van der Waals surface area (Å²) in [5.41, 5.74) is 1.60. The molecule has 0 fully saturated rings. The topological polar surface area (TPSA) is 92.7 Å². The number of aromatic nitrogens is 4. The molecule has 144 valence electrons. The molecule has 0 bridgehead atoms. The molecule has 1 aromatic carbocycles. The van der Waals surface area contributed by atoms with Gasteiger partial charge in [-0.15, -0.1) is 11.3 Å². The second-order valence-corrected chi connectivity index (χ2v) is 8.10. The molecule has 28 heavy (non-hydrogen) atoms. The van der Waals surface area contributed by atoms with Crippen molar-refractivity contribution in [1.82, 2.24) is 24.8 Å². The summed E-state index contributed by atoms with van der Waals surface area (Å²) in [4.78, 5) is 38.0. The predicted octanol–water partition coefficient (Wildman–Crippen LogP) is 3.24. The molecule has 4 aromatic rings. The molecule has 2 N–H and O–H groups in total. The number of nitrogens with one attached hydrogen (secondary N) is 2. The van der Waals surface area contributed by atoms with Crippen molar-refractivity contribution >= 4 is 38.5 Å². The fraction of sp³-hybridized carbons (Fsp3) is 0.300. The highest BCUT2D eigenvalue weighted by atomic mass is 32.1. The second-order valence-electron chi connectivity index (χ2n) is 7.21. The molecule has 0 aliphatic rings. The molecule has 0 saturated carbocycles. The largest absolute Gasteiger partial charge is 0.345 e. The first kappa shape index (κ1) is 18.4. The second kappa shape index (κ2) is 7.55. The Balaban J connectivity index is 1.56. The predicted molar refractivity (Wildman–Crippen MR) is 110 cm³/mol. The number of amides is 1. The number of fused-ring (bicyclic) bond motifs is 2. The summed E-state index contributed by atoms with van der Waals surface area (Å²) < 4.78 is 1.34. The van der Waals surface area contributed by atoms with Crippen molar-refractivity contribution < 1.29 is 4.79 Å². The molecule has 8 heteroatoms. The van der Waals surface area contributed by atoms with E-state index < -0.39 is 0 Å². The fourth-order valence-electron chi connectivity index (χ4n) is 3.25. The van der Waals surface area contributed by atoms with E-state index in [9.17, 15) is 9.59 Å². The van der Waals surface area contributed by atoms with E-state index in [1.807, 2.05) is 29.6 Å². The lowest BCUT2D eigenvalue weighted by Crippen LogP contribution is -2.35. The van der Waals surface area contributed by atoms with E-state index in [1.54, 1.807) is 6.07 Å². The summed E-state index contributed by atoms with van der Waals surface area (Å²) in [5, 5.41) is 5.39. The van der Waals surface area contributed by atoms with Crippen LogP contribution in [0.4, 0.5) is 0 Å². The number of hydrogen-bond donors (Lipinski definition) is 2. The lowest BCUT2D eigenvalue weighted by Gasteiger charge is -2.19. The average molecular weight is 395 g/mol. The van der Waals surface area contributed by atoms with Gasteiger partial charge in [0, 0.05) is 0 Å². The Morgan fingerprint density at radius 3 is 2.89 bits per heavy atom. The first-order valence-electron chi connectivity index (χ1n) is 9.18. The summed E-state index contributed by atoms with van der Waals surface area (Å²) in [6.45, 7) is 4.12. The molecule has 0 aliphatic heterocycles. The van der Waals surface area contributed by atoms with E-state index in [0.29, 0.717) is 16.1 Å². The van der Waals surface area contributed by atoms with E-state index in [4.69, 9.17) is 0 Å². The Bertz CT molecular complexity index is 1160. The molecule has 3 heterocycles. The molecule has 0 unspecified atom stereocenters. The number of para-hydroxylation sites is 2. The Labute approximate surface area is 165 Å². The van der Waals surface area contributed by atoms with Crippen LogP contribution >= 0.6 is 11.3 Å². The first-order chi connectivity index (χ1) is 13.5. The maximum absolute atomic E-state index is 12.7. The van der Waals surface area contributed by atoms with Gasteiger partial charge in [-0.25, -0.2) is 9.97 Å². The summed E-state index contributed by atoms with van der Waals surface area (Å²) in [7, 11) is 0. The summed E-state index contributed by atoms with van der Waals surface area (Å²) >= 11 is 1.41. The number of nitrogens with zero attached hydrogens (tertiary/aromatic N) is 3. The maximum atomic E-state index is 12.7. The highest BCUT2D eigenvalue weighted by Crippen LogP contribution is 2.22. The zero-order valence-electron chi connectivity index (χ0n) is 15.7. The van der Waals surface area contributed by atoms with Crippen molar-refractivity contribution in [3.63, 3.8) is 0 Å². The summed E-state index contributed by atoms with van der Waals surface area (Å²) in [5.74, 6) is 0.844. The van der Waals surface area contributed by atoms with Gasteiger partial charge in [-0.1, -0.05) is 26.0 Å². The van der Waals surface area contributed by atoms with Crippen LogP contribution in [-0.4, -0.2) is 25.4 Å². The van der Waals surface area contributed by atoms with Crippen molar-refractivity contribution in [3.05, 3.63) is 58.2 Å². The molecule has 1 amide bonds. The average Bonchev–Trinajstić information content (AvgIpc) is 3.30. The molecule has 1 atom stereocenters.